The third kappa shape index (κ3) is 2.17. The van der Waals surface area contributed by atoms with Gasteiger partial charge in [0.05, 0.1) is 0 Å². The van der Waals surface area contributed by atoms with E-state index in [1.54, 1.807) is 0 Å². The predicted molar refractivity (Wildman–Crippen MR) is 48.0 cm³/mol. The largest absolute Gasteiger partial charge is 0.244 e. The number of hydrogen-bond donors (Lipinski definition) is 0. The van der Waals surface area contributed by atoms with Crippen LogP contribution in [0.1, 0.15) is 20.3 Å². The van der Waals surface area contributed by atoms with Crippen LogP contribution >= 0.6 is 0 Å². The smallest absolute Gasteiger partial charge is 0.125 e. The Kier molecular flexibility index (Phi) is 2.82. The van der Waals surface area contributed by atoms with E-state index < -0.39 is 0 Å². The molecule has 1 aliphatic rings. The maximum absolute atomic E-state index is 3.97. The Labute approximate surface area is 67.1 Å². The summed E-state index contributed by atoms with van der Waals surface area (Å²) in [5.41, 5.74) is 1.20. The van der Waals surface area contributed by atoms with Crippen molar-refractivity contribution >= 4 is 12.2 Å². The van der Waals surface area contributed by atoms with Crippen molar-refractivity contribution < 1.29 is 0 Å². The first-order valence-electron chi connectivity index (χ1n) is 3.85. The Morgan fingerprint density at radius 3 is 3.18 bits per heavy atom. The number of rotatable bonds is 2. The molecule has 0 radical (unpaired) electrons. The molecule has 0 saturated carbocycles. The average Bonchev–Trinajstić information content (AvgIpc) is 2.30. The van der Waals surface area contributed by atoms with Gasteiger partial charge in [0.2, 0.25) is 0 Å². The molecule has 0 fully saturated rings. The molecule has 0 bridgehead atoms. The first-order chi connectivity index (χ1) is 5.34. The topological polar surface area (TPSA) is 24.7 Å². The molecule has 0 saturated heterocycles. The van der Waals surface area contributed by atoms with Crippen LogP contribution in [0.3, 0.4) is 0 Å². The highest BCUT2D eigenvalue weighted by Gasteiger charge is 2.02. The van der Waals surface area contributed by atoms with Crippen LogP contribution in [0.2, 0.25) is 0 Å². The Morgan fingerprint density at radius 2 is 2.45 bits per heavy atom. The summed E-state index contributed by atoms with van der Waals surface area (Å²) < 4.78 is 0. The highest BCUT2D eigenvalue weighted by atomic mass is 14.8. The third-order valence-electron chi connectivity index (χ3n) is 1.84. The zero-order chi connectivity index (χ0) is 8.10. The highest BCUT2D eigenvalue weighted by molar-refractivity contribution is 5.73. The van der Waals surface area contributed by atoms with E-state index in [4.69, 9.17) is 0 Å². The highest BCUT2D eigenvalue weighted by Crippen LogP contribution is 2.14. The summed E-state index contributed by atoms with van der Waals surface area (Å²) in [5, 5.41) is 0. The molecule has 0 amide bonds. The number of allylic oxidation sites excluding steroid dienone is 2. The monoisotopic (exact) mass is 148 g/mol. The van der Waals surface area contributed by atoms with E-state index in [0.717, 1.165) is 6.42 Å². The summed E-state index contributed by atoms with van der Waals surface area (Å²) in [6.45, 7) is 4.33. The molecule has 1 atom stereocenters. The molecule has 0 aliphatic carbocycles. The third-order valence-corrected chi connectivity index (χ3v) is 1.84. The van der Waals surface area contributed by atoms with Gasteiger partial charge in [0.1, 0.15) is 6.34 Å². The number of aliphatic imine (C=N–C) groups is 2. The van der Waals surface area contributed by atoms with Crippen molar-refractivity contribution in [2.24, 2.45) is 15.9 Å². The van der Waals surface area contributed by atoms with Crippen molar-refractivity contribution in [1.82, 2.24) is 0 Å². The van der Waals surface area contributed by atoms with Gasteiger partial charge in [-0.1, -0.05) is 13.8 Å². The van der Waals surface area contributed by atoms with Gasteiger partial charge in [0.25, 0.3) is 0 Å². The summed E-state index contributed by atoms with van der Waals surface area (Å²) in [6, 6.07) is 0. The normalized spacial score (nSPS) is 17.8. The lowest BCUT2D eigenvalue weighted by Gasteiger charge is -2.06. The van der Waals surface area contributed by atoms with E-state index >= 15 is 0 Å². The van der Waals surface area contributed by atoms with Crippen molar-refractivity contribution in [1.29, 1.82) is 0 Å². The SMILES string of the molecule is CCC(C)C1=CN=CN=C=C1. The van der Waals surface area contributed by atoms with Gasteiger partial charge in [-0.15, -0.1) is 0 Å². The van der Waals surface area contributed by atoms with Crippen LogP contribution in [0, 0.1) is 5.92 Å². The predicted octanol–water partition coefficient (Wildman–Crippen LogP) is 2.18. The summed E-state index contributed by atoms with van der Waals surface area (Å²) in [7, 11) is 0. The zero-order valence-corrected chi connectivity index (χ0v) is 6.91. The minimum atomic E-state index is 0.549. The molecule has 11 heavy (non-hydrogen) atoms. The van der Waals surface area contributed by atoms with Crippen molar-refractivity contribution in [2.75, 3.05) is 0 Å². The van der Waals surface area contributed by atoms with Crippen LogP contribution in [-0.4, -0.2) is 12.2 Å². The second-order valence-electron chi connectivity index (χ2n) is 2.61. The van der Waals surface area contributed by atoms with Crippen molar-refractivity contribution in [3.05, 3.63) is 17.8 Å². The molecule has 0 aromatic heterocycles. The summed E-state index contributed by atoms with van der Waals surface area (Å²) in [5.74, 6) is 3.34. The maximum atomic E-state index is 3.97. The van der Waals surface area contributed by atoms with Crippen molar-refractivity contribution in [3.8, 4) is 0 Å². The van der Waals surface area contributed by atoms with Gasteiger partial charge in [-0.25, -0.2) is 4.99 Å². The molecule has 1 rings (SSSR count). The molecular formula is C9H12N2. The Balaban J connectivity index is 2.79. The van der Waals surface area contributed by atoms with E-state index in [1.165, 1.54) is 11.9 Å². The lowest BCUT2D eigenvalue weighted by atomic mass is 10.00. The minimum absolute atomic E-state index is 0.549. The fraction of sp³-hybridized carbons (Fsp3) is 0.444. The molecule has 0 spiro atoms. The molecule has 1 unspecified atom stereocenters. The zero-order valence-electron chi connectivity index (χ0n) is 6.91. The van der Waals surface area contributed by atoms with Crippen molar-refractivity contribution in [3.63, 3.8) is 0 Å². The summed E-state index contributed by atoms with van der Waals surface area (Å²) in [4.78, 5) is 7.76. The average molecular weight is 148 g/mol. The van der Waals surface area contributed by atoms with Gasteiger partial charge in [-0.2, -0.15) is 4.99 Å². The van der Waals surface area contributed by atoms with Gasteiger partial charge in [-0.05, 0) is 23.8 Å². The Morgan fingerprint density at radius 1 is 1.64 bits per heavy atom. The molecular weight excluding hydrogens is 136 g/mol. The molecule has 1 aliphatic heterocycles. The quantitative estimate of drug-likeness (QED) is 0.573. The van der Waals surface area contributed by atoms with E-state index in [1.807, 2.05) is 12.3 Å². The van der Waals surface area contributed by atoms with E-state index in [-0.39, 0.29) is 0 Å². The van der Waals surface area contributed by atoms with Gasteiger partial charge in [0, 0.05) is 12.3 Å². The Hall–Kier alpha value is -1.14. The Bertz CT molecular complexity index is 242. The van der Waals surface area contributed by atoms with Crippen LogP contribution < -0.4 is 0 Å². The lowest BCUT2D eigenvalue weighted by Crippen LogP contribution is -1.94. The second kappa shape index (κ2) is 3.89. The maximum Gasteiger partial charge on any atom is 0.125 e. The van der Waals surface area contributed by atoms with Crippen LogP contribution in [0.25, 0.3) is 0 Å². The van der Waals surface area contributed by atoms with E-state index in [2.05, 4.69) is 29.7 Å². The van der Waals surface area contributed by atoms with Crippen LogP contribution in [0.5, 0.6) is 0 Å². The first-order valence-corrected chi connectivity index (χ1v) is 3.85. The van der Waals surface area contributed by atoms with Crippen LogP contribution in [0.4, 0.5) is 0 Å². The first kappa shape index (κ1) is 7.96. The molecule has 2 heteroatoms. The molecule has 1 heterocycles. The fourth-order valence-corrected chi connectivity index (χ4v) is 0.840. The molecule has 0 N–H and O–H groups in total. The molecule has 2 nitrogen and oxygen atoms in total. The van der Waals surface area contributed by atoms with Gasteiger partial charge >= 0.3 is 0 Å². The summed E-state index contributed by atoms with van der Waals surface area (Å²) >= 11 is 0. The molecule has 58 valence electrons. The standard InChI is InChI=1S/C9H12N2/c1-3-8(2)9-4-5-10-7-11-6-9/h4,6-8H,3H2,1-2H3. The van der Waals surface area contributed by atoms with Gasteiger partial charge in [0.15, 0.2) is 0 Å². The van der Waals surface area contributed by atoms with Gasteiger partial charge < -0.3 is 0 Å². The lowest BCUT2D eigenvalue weighted by molar-refractivity contribution is 0.670. The number of hydrogen-bond acceptors (Lipinski definition) is 2. The minimum Gasteiger partial charge on any atom is -0.244 e. The fourth-order valence-electron chi connectivity index (χ4n) is 0.840. The second-order valence-corrected chi connectivity index (χ2v) is 2.61. The van der Waals surface area contributed by atoms with Crippen LogP contribution in [0.15, 0.2) is 27.8 Å². The molecule has 0 aromatic carbocycles. The van der Waals surface area contributed by atoms with Crippen molar-refractivity contribution in [2.45, 2.75) is 20.3 Å². The molecule has 0 aromatic rings. The van der Waals surface area contributed by atoms with Crippen LogP contribution in [-0.2, 0) is 0 Å². The summed E-state index contributed by atoms with van der Waals surface area (Å²) in [6.07, 6.45) is 6.37. The van der Waals surface area contributed by atoms with Gasteiger partial charge in [-0.3, -0.25) is 0 Å². The van der Waals surface area contributed by atoms with E-state index in [0.29, 0.717) is 5.92 Å². The number of nitrogens with zero attached hydrogens (tertiary/aromatic N) is 2. The van der Waals surface area contributed by atoms with E-state index in [9.17, 15) is 0 Å².